The van der Waals surface area contributed by atoms with Crippen molar-refractivity contribution in [2.75, 3.05) is 0 Å². The first-order valence-corrected chi connectivity index (χ1v) is 8.10. The van der Waals surface area contributed by atoms with Crippen molar-refractivity contribution >= 4 is 27.5 Å². The van der Waals surface area contributed by atoms with Gasteiger partial charge >= 0.3 is 0 Å². The van der Waals surface area contributed by atoms with E-state index < -0.39 is 5.91 Å². The number of aromatic nitrogens is 3. The molecular formula is C18H12N4OS. The molecule has 1 aromatic carbocycles. The maximum atomic E-state index is 11.9. The molecule has 0 atom stereocenters. The number of hydrogen-bond acceptors (Lipinski definition) is 5. The summed E-state index contributed by atoms with van der Waals surface area (Å²) < 4.78 is 0. The molecule has 0 radical (unpaired) electrons. The van der Waals surface area contributed by atoms with E-state index >= 15 is 0 Å². The van der Waals surface area contributed by atoms with Gasteiger partial charge in [-0.25, -0.2) is 9.97 Å². The largest absolute Gasteiger partial charge is 0.364 e. The second-order valence-corrected chi connectivity index (χ2v) is 6.24. The summed E-state index contributed by atoms with van der Waals surface area (Å²) in [5.41, 5.74) is 8.48. The number of pyridine rings is 1. The lowest BCUT2D eigenvalue weighted by Crippen LogP contribution is -2.14. The Hall–Kier alpha value is -3.12. The summed E-state index contributed by atoms with van der Waals surface area (Å²) in [5.74, 6) is -0.550. The highest BCUT2D eigenvalue weighted by Gasteiger charge is 2.19. The number of primary amides is 1. The molecule has 6 heteroatoms. The third-order valence-corrected chi connectivity index (χ3v) is 4.79. The Labute approximate surface area is 141 Å². The zero-order chi connectivity index (χ0) is 16.5. The molecule has 0 saturated carbocycles. The van der Waals surface area contributed by atoms with Crippen LogP contribution in [0.4, 0.5) is 0 Å². The molecule has 2 N–H and O–H groups in total. The molecule has 0 aliphatic heterocycles. The van der Waals surface area contributed by atoms with Crippen LogP contribution in [0.1, 0.15) is 10.5 Å². The van der Waals surface area contributed by atoms with Crippen molar-refractivity contribution in [2.24, 2.45) is 5.73 Å². The minimum atomic E-state index is -0.550. The highest BCUT2D eigenvalue weighted by molar-refractivity contribution is 7.21. The van der Waals surface area contributed by atoms with E-state index in [2.05, 4.69) is 15.0 Å². The minimum Gasteiger partial charge on any atom is -0.364 e. The number of rotatable bonds is 3. The monoisotopic (exact) mass is 332 g/mol. The predicted octanol–water partition coefficient (Wildman–Crippen LogP) is 3.52. The predicted molar refractivity (Wildman–Crippen MR) is 94.6 cm³/mol. The lowest BCUT2D eigenvalue weighted by Gasteiger charge is -2.11. The maximum Gasteiger partial charge on any atom is 0.267 e. The molecule has 0 unspecified atom stereocenters. The third-order valence-electron chi connectivity index (χ3n) is 3.71. The van der Waals surface area contributed by atoms with Crippen LogP contribution >= 0.6 is 11.3 Å². The smallest absolute Gasteiger partial charge is 0.267 e. The number of carbonyl (C=O) groups is 1. The van der Waals surface area contributed by atoms with Gasteiger partial charge in [-0.05, 0) is 23.3 Å². The third kappa shape index (κ3) is 2.43. The van der Waals surface area contributed by atoms with Gasteiger partial charge in [0, 0.05) is 28.2 Å². The fourth-order valence-corrected chi connectivity index (χ4v) is 3.70. The van der Waals surface area contributed by atoms with Crippen LogP contribution in [0.5, 0.6) is 0 Å². The van der Waals surface area contributed by atoms with E-state index in [1.54, 1.807) is 12.4 Å². The van der Waals surface area contributed by atoms with Crippen LogP contribution in [-0.4, -0.2) is 20.9 Å². The van der Waals surface area contributed by atoms with Crippen molar-refractivity contribution in [3.05, 3.63) is 66.9 Å². The van der Waals surface area contributed by atoms with E-state index in [9.17, 15) is 4.79 Å². The number of benzene rings is 1. The molecule has 116 valence electrons. The molecule has 3 aromatic heterocycles. The van der Waals surface area contributed by atoms with Crippen molar-refractivity contribution in [3.8, 4) is 21.6 Å². The lowest BCUT2D eigenvalue weighted by molar-refractivity contribution is 0.0996. The molecule has 5 nitrogen and oxygen atoms in total. The van der Waals surface area contributed by atoms with E-state index in [4.69, 9.17) is 5.73 Å². The maximum absolute atomic E-state index is 11.9. The number of fused-ring (bicyclic) bond motifs is 1. The number of hydrogen-bond donors (Lipinski definition) is 1. The average molecular weight is 332 g/mol. The Kier molecular flexibility index (Phi) is 3.51. The second-order valence-electron chi connectivity index (χ2n) is 5.21. The molecule has 0 spiro atoms. The fraction of sp³-hybridized carbons (Fsp3) is 0. The number of nitrogens with two attached hydrogens (primary N) is 1. The summed E-state index contributed by atoms with van der Waals surface area (Å²) in [6.45, 7) is 0. The molecular weight excluding hydrogens is 320 g/mol. The Balaban J connectivity index is 2.03. The van der Waals surface area contributed by atoms with E-state index in [0.717, 1.165) is 31.8 Å². The van der Waals surface area contributed by atoms with Crippen LogP contribution in [0, 0.1) is 0 Å². The number of carbonyl (C=O) groups excluding carboxylic acids is 1. The first-order chi connectivity index (χ1) is 11.7. The Morgan fingerprint density at radius 2 is 1.92 bits per heavy atom. The van der Waals surface area contributed by atoms with E-state index in [1.807, 2.05) is 42.5 Å². The van der Waals surface area contributed by atoms with E-state index in [-0.39, 0.29) is 5.69 Å². The van der Waals surface area contributed by atoms with Gasteiger partial charge in [-0.1, -0.05) is 30.3 Å². The summed E-state index contributed by atoms with van der Waals surface area (Å²) >= 11 is 1.49. The number of amides is 1. The van der Waals surface area contributed by atoms with Gasteiger partial charge in [0.1, 0.15) is 16.9 Å². The van der Waals surface area contributed by atoms with Crippen molar-refractivity contribution in [1.29, 1.82) is 0 Å². The van der Waals surface area contributed by atoms with Crippen LogP contribution in [0.2, 0.25) is 0 Å². The van der Waals surface area contributed by atoms with E-state index in [1.165, 1.54) is 17.7 Å². The first kappa shape index (κ1) is 14.5. The van der Waals surface area contributed by atoms with Gasteiger partial charge < -0.3 is 5.73 Å². The van der Waals surface area contributed by atoms with Gasteiger partial charge in [0.2, 0.25) is 0 Å². The van der Waals surface area contributed by atoms with Crippen LogP contribution in [0.3, 0.4) is 0 Å². The van der Waals surface area contributed by atoms with Gasteiger partial charge in [-0.3, -0.25) is 9.78 Å². The Morgan fingerprint density at radius 3 is 2.67 bits per heavy atom. The average Bonchev–Trinajstić information content (AvgIpc) is 3.05. The van der Waals surface area contributed by atoms with Crippen LogP contribution in [0.25, 0.3) is 31.8 Å². The lowest BCUT2D eigenvalue weighted by atomic mass is 9.97. The molecule has 1 amide bonds. The van der Waals surface area contributed by atoms with Crippen LogP contribution in [0.15, 0.2) is 61.2 Å². The van der Waals surface area contributed by atoms with Gasteiger partial charge in [0.25, 0.3) is 5.91 Å². The molecule has 4 aromatic rings. The van der Waals surface area contributed by atoms with Crippen molar-refractivity contribution in [1.82, 2.24) is 15.0 Å². The van der Waals surface area contributed by atoms with Crippen LogP contribution in [-0.2, 0) is 0 Å². The molecule has 0 aliphatic carbocycles. The Morgan fingerprint density at radius 1 is 1.08 bits per heavy atom. The normalized spacial score (nSPS) is 10.8. The summed E-state index contributed by atoms with van der Waals surface area (Å²) in [5, 5.41) is 0.927. The molecule has 3 heterocycles. The molecule has 24 heavy (non-hydrogen) atoms. The van der Waals surface area contributed by atoms with Crippen molar-refractivity contribution < 1.29 is 4.79 Å². The molecule has 0 saturated heterocycles. The molecule has 0 aliphatic rings. The topological polar surface area (TPSA) is 81.8 Å². The van der Waals surface area contributed by atoms with Gasteiger partial charge in [0.05, 0.1) is 0 Å². The van der Waals surface area contributed by atoms with Gasteiger partial charge in [-0.2, -0.15) is 0 Å². The van der Waals surface area contributed by atoms with Crippen molar-refractivity contribution in [2.45, 2.75) is 0 Å². The SMILES string of the molecule is NC(=O)c1nccc(-c2ccccc2)c1-c1cc2cncnc2s1. The molecule has 4 rings (SSSR count). The van der Waals surface area contributed by atoms with Gasteiger partial charge in [-0.15, -0.1) is 11.3 Å². The van der Waals surface area contributed by atoms with Crippen molar-refractivity contribution in [3.63, 3.8) is 0 Å². The Bertz CT molecular complexity index is 1010. The molecule has 0 bridgehead atoms. The number of nitrogens with zero attached hydrogens (tertiary/aromatic N) is 3. The second kappa shape index (κ2) is 5.82. The zero-order valence-electron chi connectivity index (χ0n) is 12.5. The molecule has 0 fully saturated rings. The summed E-state index contributed by atoms with van der Waals surface area (Å²) in [4.78, 5) is 26.2. The first-order valence-electron chi connectivity index (χ1n) is 7.28. The quantitative estimate of drug-likeness (QED) is 0.622. The van der Waals surface area contributed by atoms with Crippen LogP contribution < -0.4 is 5.73 Å². The van der Waals surface area contributed by atoms with Gasteiger partial charge in [0.15, 0.2) is 0 Å². The zero-order valence-corrected chi connectivity index (χ0v) is 13.3. The standard InChI is InChI=1S/C18H12N4OS/c19-17(23)16-15(14-8-12-9-20-10-22-18(12)24-14)13(6-7-21-16)11-4-2-1-3-5-11/h1-10H,(H2,19,23). The minimum absolute atomic E-state index is 0.260. The summed E-state index contributed by atoms with van der Waals surface area (Å²) in [6, 6.07) is 13.7. The number of thiophene rings is 1. The summed E-state index contributed by atoms with van der Waals surface area (Å²) in [7, 11) is 0. The fourth-order valence-electron chi connectivity index (χ4n) is 2.67. The highest BCUT2D eigenvalue weighted by Crippen LogP contribution is 2.39. The summed E-state index contributed by atoms with van der Waals surface area (Å²) in [6.07, 6.45) is 4.88. The van der Waals surface area contributed by atoms with E-state index in [0.29, 0.717) is 0 Å². The highest BCUT2D eigenvalue weighted by atomic mass is 32.1.